The lowest BCUT2D eigenvalue weighted by Crippen LogP contribution is -2.39. The summed E-state index contributed by atoms with van der Waals surface area (Å²) in [5.74, 6) is 0. The third kappa shape index (κ3) is 4.98. The van der Waals surface area contributed by atoms with Crippen LogP contribution in [0.4, 0.5) is 0 Å². The molecule has 28 heavy (non-hydrogen) atoms. The zero-order valence-electron chi connectivity index (χ0n) is 16.2. The molecule has 0 aliphatic carbocycles. The van der Waals surface area contributed by atoms with Crippen molar-refractivity contribution in [1.29, 1.82) is 0 Å². The minimum atomic E-state index is -4.56. The summed E-state index contributed by atoms with van der Waals surface area (Å²) in [6.07, 6.45) is -0.985. The molecule has 2 N–H and O–H groups in total. The third-order valence-electron chi connectivity index (χ3n) is 4.40. The van der Waals surface area contributed by atoms with Gasteiger partial charge in [0.1, 0.15) is 0 Å². The van der Waals surface area contributed by atoms with E-state index in [0.29, 0.717) is 5.56 Å². The number of nitrogens with zero attached hydrogens (tertiary/aromatic N) is 1. The standard InChI is InChI=1S/C19H25NO6S2/c1-13-5-8-17(9-6-13)27(22,23)20(12-15(3)21)16(4)18-11-14(2)7-10-19(18)28(24,25)26/h5-11,15-16,21H,12H2,1-4H3,(H,24,25,26)/t15-,16?/m1/s1. The van der Waals surface area contributed by atoms with Crippen molar-refractivity contribution in [3.05, 3.63) is 59.2 Å². The summed E-state index contributed by atoms with van der Waals surface area (Å²) >= 11 is 0. The molecule has 2 atom stereocenters. The average molecular weight is 428 g/mol. The first-order chi connectivity index (χ1) is 12.8. The van der Waals surface area contributed by atoms with Gasteiger partial charge in [-0.1, -0.05) is 35.4 Å². The van der Waals surface area contributed by atoms with Gasteiger partial charge in [0.05, 0.1) is 15.9 Å². The van der Waals surface area contributed by atoms with E-state index in [4.69, 9.17) is 0 Å². The quantitative estimate of drug-likeness (QED) is 0.657. The van der Waals surface area contributed by atoms with Crippen LogP contribution in [0, 0.1) is 13.8 Å². The normalized spacial score (nSPS) is 14.8. The van der Waals surface area contributed by atoms with Gasteiger partial charge in [-0.3, -0.25) is 4.55 Å². The largest absolute Gasteiger partial charge is 0.392 e. The van der Waals surface area contributed by atoms with E-state index in [2.05, 4.69) is 0 Å². The maximum atomic E-state index is 13.2. The molecule has 0 aromatic heterocycles. The van der Waals surface area contributed by atoms with Crippen LogP contribution in [0.3, 0.4) is 0 Å². The first kappa shape index (κ1) is 22.5. The van der Waals surface area contributed by atoms with Crippen molar-refractivity contribution in [2.75, 3.05) is 6.54 Å². The molecule has 0 amide bonds. The van der Waals surface area contributed by atoms with Crippen molar-refractivity contribution in [3.63, 3.8) is 0 Å². The lowest BCUT2D eigenvalue weighted by atomic mass is 10.1. The topological polar surface area (TPSA) is 112 Å². The molecule has 1 unspecified atom stereocenters. The van der Waals surface area contributed by atoms with Gasteiger partial charge in [-0.05, 0) is 51.5 Å². The SMILES string of the molecule is Cc1ccc(S(=O)(=O)N(C[C@@H](C)O)C(C)c2cc(C)ccc2S(=O)(=O)O)cc1. The van der Waals surface area contributed by atoms with E-state index >= 15 is 0 Å². The Kier molecular flexibility index (Phi) is 6.67. The number of aliphatic hydroxyl groups excluding tert-OH is 1. The van der Waals surface area contributed by atoms with Crippen LogP contribution in [0.2, 0.25) is 0 Å². The number of sulfonamides is 1. The van der Waals surface area contributed by atoms with E-state index in [9.17, 15) is 26.5 Å². The molecule has 0 heterocycles. The Morgan fingerprint density at radius 3 is 1.96 bits per heavy atom. The molecular weight excluding hydrogens is 402 g/mol. The highest BCUT2D eigenvalue weighted by molar-refractivity contribution is 7.89. The Bertz CT molecular complexity index is 1040. The van der Waals surface area contributed by atoms with Crippen molar-refractivity contribution >= 4 is 20.1 Å². The number of aliphatic hydroxyl groups is 1. The maximum absolute atomic E-state index is 13.2. The maximum Gasteiger partial charge on any atom is 0.294 e. The smallest absolute Gasteiger partial charge is 0.294 e. The minimum absolute atomic E-state index is 0.0339. The first-order valence-electron chi connectivity index (χ1n) is 8.68. The van der Waals surface area contributed by atoms with E-state index in [1.807, 2.05) is 6.92 Å². The van der Waals surface area contributed by atoms with Gasteiger partial charge < -0.3 is 5.11 Å². The Morgan fingerprint density at radius 1 is 0.929 bits per heavy atom. The predicted molar refractivity (Wildman–Crippen MR) is 106 cm³/mol. The van der Waals surface area contributed by atoms with Gasteiger partial charge in [0.25, 0.3) is 10.1 Å². The lowest BCUT2D eigenvalue weighted by molar-refractivity contribution is 0.150. The summed E-state index contributed by atoms with van der Waals surface area (Å²) in [5, 5.41) is 9.88. The van der Waals surface area contributed by atoms with Crippen LogP contribution >= 0.6 is 0 Å². The van der Waals surface area contributed by atoms with E-state index in [0.717, 1.165) is 9.87 Å². The van der Waals surface area contributed by atoms with Crippen molar-refractivity contribution in [3.8, 4) is 0 Å². The van der Waals surface area contributed by atoms with Crippen LogP contribution in [-0.4, -0.2) is 43.4 Å². The second-order valence-electron chi connectivity index (χ2n) is 6.93. The summed E-state index contributed by atoms with van der Waals surface area (Å²) in [6.45, 7) is 6.30. The van der Waals surface area contributed by atoms with Crippen LogP contribution < -0.4 is 0 Å². The second-order valence-corrected chi connectivity index (χ2v) is 10.2. The summed E-state index contributed by atoms with van der Waals surface area (Å²) in [7, 11) is -8.60. The van der Waals surface area contributed by atoms with Crippen LogP contribution in [0.5, 0.6) is 0 Å². The molecule has 7 nitrogen and oxygen atoms in total. The summed E-state index contributed by atoms with van der Waals surface area (Å²) < 4.78 is 60.7. The average Bonchev–Trinajstić information content (AvgIpc) is 2.58. The fourth-order valence-corrected chi connectivity index (χ4v) is 5.41. The van der Waals surface area contributed by atoms with Gasteiger partial charge in [0.15, 0.2) is 0 Å². The number of benzene rings is 2. The lowest BCUT2D eigenvalue weighted by Gasteiger charge is -2.30. The molecule has 0 saturated carbocycles. The van der Waals surface area contributed by atoms with Gasteiger partial charge >= 0.3 is 0 Å². The van der Waals surface area contributed by atoms with Gasteiger partial charge in [0.2, 0.25) is 10.0 Å². The second kappa shape index (κ2) is 8.30. The van der Waals surface area contributed by atoms with Gasteiger partial charge in [-0.15, -0.1) is 0 Å². The van der Waals surface area contributed by atoms with Crippen LogP contribution in [0.15, 0.2) is 52.3 Å². The first-order valence-corrected chi connectivity index (χ1v) is 11.6. The number of hydrogen-bond donors (Lipinski definition) is 2. The van der Waals surface area contributed by atoms with E-state index in [1.54, 1.807) is 19.1 Å². The van der Waals surface area contributed by atoms with Crippen molar-refractivity contribution in [1.82, 2.24) is 4.31 Å². The minimum Gasteiger partial charge on any atom is -0.392 e. The molecule has 0 bridgehead atoms. The number of rotatable bonds is 7. The highest BCUT2D eigenvalue weighted by Gasteiger charge is 2.33. The van der Waals surface area contributed by atoms with Crippen LogP contribution in [0.25, 0.3) is 0 Å². The molecule has 0 fully saturated rings. The molecule has 0 aliphatic heterocycles. The monoisotopic (exact) mass is 427 g/mol. The number of aryl methyl sites for hydroxylation is 2. The van der Waals surface area contributed by atoms with Crippen molar-refractivity contribution in [2.45, 2.75) is 49.6 Å². The Balaban J connectivity index is 2.64. The molecule has 2 rings (SSSR count). The fraction of sp³-hybridized carbons (Fsp3) is 0.368. The highest BCUT2D eigenvalue weighted by Crippen LogP contribution is 2.32. The molecule has 0 saturated heterocycles. The van der Waals surface area contributed by atoms with Gasteiger partial charge in [-0.2, -0.15) is 12.7 Å². The Hall–Kier alpha value is -1.78. The Labute approximate surface area is 166 Å². The molecule has 0 spiro atoms. The summed E-state index contributed by atoms with van der Waals surface area (Å²) in [5.41, 5.74) is 1.74. The molecular formula is C19H25NO6S2. The molecule has 2 aromatic carbocycles. The van der Waals surface area contributed by atoms with E-state index < -0.39 is 32.3 Å². The van der Waals surface area contributed by atoms with Gasteiger partial charge in [-0.25, -0.2) is 8.42 Å². The third-order valence-corrected chi connectivity index (χ3v) is 7.28. The molecule has 154 valence electrons. The van der Waals surface area contributed by atoms with E-state index in [-0.39, 0.29) is 21.9 Å². The summed E-state index contributed by atoms with van der Waals surface area (Å²) in [4.78, 5) is -0.327. The molecule has 0 aliphatic rings. The van der Waals surface area contributed by atoms with Gasteiger partial charge in [0, 0.05) is 12.6 Å². The molecule has 0 radical (unpaired) electrons. The summed E-state index contributed by atoms with van der Waals surface area (Å²) in [6, 6.07) is 9.59. The highest BCUT2D eigenvalue weighted by atomic mass is 32.2. The van der Waals surface area contributed by atoms with Crippen molar-refractivity contribution in [2.24, 2.45) is 0 Å². The predicted octanol–water partition coefficient (Wildman–Crippen LogP) is 2.68. The van der Waals surface area contributed by atoms with Crippen LogP contribution in [0.1, 0.15) is 36.6 Å². The molecule has 9 heteroatoms. The van der Waals surface area contributed by atoms with E-state index in [1.165, 1.54) is 44.2 Å². The fourth-order valence-electron chi connectivity index (χ4n) is 2.95. The zero-order chi connectivity index (χ0) is 21.3. The van der Waals surface area contributed by atoms with Crippen LogP contribution in [-0.2, 0) is 20.1 Å². The Morgan fingerprint density at radius 2 is 1.46 bits per heavy atom. The number of hydrogen-bond acceptors (Lipinski definition) is 5. The van der Waals surface area contributed by atoms with Crippen molar-refractivity contribution < 1.29 is 26.5 Å². The zero-order valence-corrected chi connectivity index (χ0v) is 17.8. The molecule has 2 aromatic rings.